The fourth-order valence-electron chi connectivity index (χ4n) is 1.01. The molecule has 1 saturated carbocycles. The molecule has 1 rings (SSSR count). The highest BCUT2D eigenvalue weighted by Crippen LogP contribution is 2.43. The number of nitrogens with one attached hydrogen (secondary N) is 2. The summed E-state index contributed by atoms with van der Waals surface area (Å²) < 4.78 is 0. The topological polar surface area (TPSA) is 60.2 Å². The molecule has 0 amide bonds. The van der Waals surface area contributed by atoms with E-state index in [2.05, 4.69) is 21.7 Å². The van der Waals surface area contributed by atoms with Gasteiger partial charge in [-0.25, -0.2) is 0 Å². The molecule has 1 aliphatic carbocycles. The molecular weight excluding hydrogens is 152 g/mol. The Hall–Kier alpha value is -1.24. The summed E-state index contributed by atoms with van der Waals surface area (Å²) in [5.74, 6) is 0.747. The first-order valence-electron chi connectivity index (χ1n) is 4.06. The molecule has 0 saturated heterocycles. The smallest absolute Gasteiger partial charge is 0.190 e. The Morgan fingerprint density at radius 1 is 1.67 bits per heavy atom. The predicted octanol–water partition coefficient (Wildman–Crippen LogP) is 0.0850. The third kappa shape index (κ3) is 1.88. The second kappa shape index (κ2) is 3.44. The van der Waals surface area contributed by atoms with Gasteiger partial charge in [-0.1, -0.05) is 0 Å². The Labute approximate surface area is 72.7 Å². The molecule has 12 heavy (non-hydrogen) atoms. The molecule has 0 bridgehead atoms. The van der Waals surface area contributed by atoms with Crippen molar-refractivity contribution < 1.29 is 0 Å². The van der Waals surface area contributed by atoms with Crippen molar-refractivity contribution in [3.8, 4) is 6.07 Å². The van der Waals surface area contributed by atoms with E-state index in [-0.39, 0.29) is 5.41 Å². The molecule has 0 aliphatic heterocycles. The third-order valence-corrected chi connectivity index (χ3v) is 2.15. The van der Waals surface area contributed by atoms with Crippen LogP contribution in [-0.2, 0) is 0 Å². The summed E-state index contributed by atoms with van der Waals surface area (Å²) in [5, 5.41) is 14.8. The molecule has 0 aromatic heterocycles. The maximum absolute atomic E-state index is 8.76. The summed E-state index contributed by atoms with van der Waals surface area (Å²) >= 11 is 0. The first-order valence-corrected chi connectivity index (χ1v) is 4.06. The minimum atomic E-state index is -0.104. The molecule has 0 atom stereocenters. The van der Waals surface area contributed by atoms with Crippen LogP contribution in [0.2, 0.25) is 0 Å². The van der Waals surface area contributed by atoms with E-state index in [1.807, 2.05) is 0 Å². The van der Waals surface area contributed by atoms with Gasteiger partial charge < -0.3 is 10.6 Å². The van der Waals surface area contributed by atoms with Crippen LogP contribution in [0.25, 0.3) is 0 Å². The Bertz CT molecular complexity index is 222. The van der Waals surface area contributed by atoms with Crippen molar-refractivity contribution in [1.29, 1.82) is 5.26 Å². The molecule has 0 unspecified atom stereocenters. The van der Waals surface area contributed by atoms with Gasteiger partial charge >= 0.3 is 0 Å². The second-order valence-corrected chi connectivity index (χ2v) is 3.07. The molecule has 0 aromatic rings. The Morgan fingerprint density at radius 2 is 2.33 bits per heavy atom. The fourth-order valence-corrected chi connectivity index (χ4v) is 1.01. The van der Waals surface area contributed by atoms with E-state index in [0.29, 0.717) is 6.54 Å². The van der Waals surface area contributed by atoms with Crippen LogP contribution in [0.4, 0.5) is 0 Å². The summed E-state index contributed by atoms with van der Waals surface area (Å²) in [4.78, 5) is 3.96. The van der Waals surface area contributed by atoms with E-state index in [4.69, 9.17) is 5.26 Å². The van der Waals surface area contributed by atoms with E-state index in [1.54, 1.807) is 14.1 Å². The lowest BCUT2D eigenvalue weighted by atomic mass is 10.1. The molecule has 2 N–H and O–H groups in total. The molecule has 1 aliphatic rings. The van der Waals surface area contributed by atoms with Crippen molar-refractivity contribution in [3.63, 3.8) is 0 Å². The third-order valence-electron chi connectivity index (χ3n) is 2.15. The van der Waals surface area contributed by atoms with E-state index in [9.17, 15) is 0 Å². The van der Waals surface area contributed by atoms with E-state index >= 15 is 0 Å². The van der Waals surface area contributed by atoms with Gasteiger partial charge in [0.1, 0.15) is 0 Å². The van der Waals surface area contributed by atoms with Gasteiger partial charge in [0.05, 0.1) is 11.5 Å². The fraction of sp³-hybridized carbons (Fsp3) is 0.750. The molecule has 0 aromatic carbocycles. The average Bonchev–Trinajstić information content (AvgIpc) is 2.87. The van der Waals surface area contributed by atoms with Crippen molar-refractivity contribution in [2.45, 2.75) is 12.8 Å². The Morgan fingerprint density at radius 3 is 2.67 bits per heavy atom. The summed E-state index contributed by atoms with van der Waals surface area (Å²) in [5.41, 5.74) is -0.104. The van der Waals surface area contributed by atoms with Gasteiger partial charge in [-0.05, 0) is 12.8 Å². The average molecular weight is 166 g/mol. The summed E-state index contributed by atoms with van der Waals surface area (Å²) in [6.45, 7) is 0.705. The highest BCUT2D eigenvalue weighted by molar-refractivity contribution is 5.79. The van der Waals surface area contributed by atoms with Gasteiger partial charge in [0.2, 0.25) is 0 Å². The van der Waals surface area contributed by atoms with Crippen LogP contribution in [0.15, 0.2) is 4.99 Å². The first-order chi connectivity index (χ1) is 5.76. The largest absolute Gasteiger partial charge is 0.359 e. The lowest BCUT2D eigenvalue weighted by molar-refractivity contribution is 0.631. The zero-order chi connectivity index (χ0) is 9.03. The number of nitrogens with zero attached hydrogens (tertiary/aromatic N) is 2. The zero-order valence-electron chi connectivity index (χ0n) is 7.52. The van der Waals surface area contributed by atoms with Gasteiger partial charge in [0.25, 0.3) is 0 Å². The van der Waals surface area contributed by atoms with Crippen LogP contribution in [0.1, 0.15) is 12.8 Å². The Kier molecular flexibility index (Phi) is 2.54. The summed E-state index contributed by atoms with van der Waals surface area (Å²) in [6, 6.07) is 2.31. The lowest BCUT2D eigenvalue weighted by Crippen LogP contribution is -2.37. The van der Waals surface area contributed by atoms with Crippen LogP contribution in [0.5, 0.6) is 0 Å². The Balaban J connectivity index is 2.31. The molecule has 0 spiro atoms. The van der Waals surface area contributed by atoms with Crippen LogP contribution in [0.3, 0.4) is 0 Å². The normalized spacial score (nSPS) is 19.6. The van der Waals surface area contributed by atoms with Gasteiger partial charge in [-0.15, -0.1) is 0 Å². The van der Waals surface area contributed by atoms with E-state index in [1.165, 1.54) is 0 Å². The van der Waals surface area contributed by atoms with Crippen molar-refractivity contribution >= 4 is 5.96 Å². The van der Waals surface area contributed by atoms with Crippen molar-refractivity contribution in [3.05, 3.63) is 0 Å². The SMILES string of the molecule is CN=C(NC)NCC1(C#N)CC1. The maximum Gasteiger partial charge on any atom is 0.190 e. The number of nitriles is 1. The summed E-state index contributed by atoms with van der Waals surface area (Å²) in [7, 11) is 3.52. The van der Waals surface area contributed by atoms with Crippen LogP contribution in [0, 0.1) is 16.7 Å². The number of guanidine groups is 1. The predicted molar refractivity (Wildman–Crippen MR) is 47.7 cm³/mol. The molecule has 4 nitrogen and oxygen atoms in total. The zero-order valence-corrected chi connectivity index (χ0v) is 7.52. The van der Waals surface area contributed by atoms with Crippen LogP contribution < -0.4 is 10.6 Å². The lowest BCUT2D eigenvalue weighted by Gasteiger charge is -2.10. The minimum absolute atomic E-state index is 0.104. The van der Waals surface area contributed by atoms with Crippen LogP contribution in [-0.4, -0.2) is 26.6 Å². The van der Waals surface area contributed by atoms with Crippen molar-refractivity contribution in [2.75, 3.05) is 20.6 Å². The van der Waals surface area contributed by atoms with Gasteiger partial charge in [-0.2, -0.15) is 5.26 Å². The van der Waals surface area contributed by atoms with Gasteiger partial charge in [-0.3, -0.25) is 4.99 Å². The first kappa shape index (κ1) is 8.85. The van der Waals surface area contributed by atoms with Crippen LogP contribution >= 0.6 is 0 Å². The van der Waals surface area contributed by atoms with E-state index in [0.717, 1.165) is 18.8 Å². The highest BCUT2D eigenvalue weighted by Gasteiger charge is 2.42. The molecular formula is C8H14N4. The molecule has 1 fully saturated rings. The molecule has 0 heterocycles. The number of hydrogen-bond acceptors (Lipinski definition) is 2. The number of aliphatic imine (C=N–C) groups is 1. The minimum Gasteiger partial charge on any atom is -0.359 e. The molecule has 66 valence electrons. The van der Waals surface area contributed by atoms with Crippen molar-refractivity contribution in [2.24, 2.45) is 10.4 Å². The van der Waals surface area contributed by atoms with Gasteiger partial charge in [0.15, 0.2) is 5.96 Å². The maximum atomic E-state index is 8.76. The molecule has 0 radical (unpaired) electrons. The quantitative estimate of drug-likeness (QED) is 0.451. The van der Waals surface area contributed by atoms with Crippen molar-refractivity contribution in [1.82, 2.24) is 10.6 Å². The standard InChI is InChI=1S/C8H14N4/c1-10-7(11-2)12-6-8(5-9)3-4-8/h3-4,6H2,1-2H3,(H2,10,11,12). The second-order valence-electron chi connectivity index (χ2n) is 3.07. The number of hydrogen-bond donors (Lipinski definition) is 2. The highest BCUT2D eigenvalue weighted by atomic mass is 15.2. The van der Waals surface area contributed by atoms with E-state index < -0.39 is 0 Å². The monoisotopic (exact) mass is 166 g/mol. The molecule has 4 heteroatoms. The van der Waals surface area contributed by atoms with Gasteiger partial charge in [0, 0.05) is 20.6 Å². The summed E-state index contributed by atoms with van der Waals surface area (Å²) in [6.07, 6.45) is 2.02. The number of rotatable bonds is 2.